The molecule has 0 spiro atoms. The van der Waals surface area contributed by atoms with E-state index >= 15 is 0 Å². The van der Waals surface area contributed by atoms with Crippen molar-refractivity contribution in [1.82, 2.24) is 4.98 Å². The van der Waals surface area contributed by atoms with Crippen molar-refractivity contribution in [3.63, 3.8) is 0 Å². The van der Waals surface area contributed by atoms with E-state index in [0.717, 1.165) is 0 Å². The van der Waals surface area contributed by atoms with E-state index in [2.05, 4.69) is 15.6 Å². The molecule has 0 fully saturated rings. The van der Waals surface area contributed by atoms with Gasteiger partial charge in [0.15, 0.2) is 0 Å². The fourth-order valence-electron chi connectivity index (χ4n) is 1.90. The second-order valence-electron chi connectivity index (χ2n) is 5.01. The average molecular weight is 320 g/mol. The lowest BCUT2D eigenvalue weighted by atomic mass is 10.2. The van der Waals surface area contributed by atoms with Gasteiger partial charge in [-0.2, -0.15) is 0 Å². The van der Waals surface area contributed by atoms with E-state index in [4.69, 9.17) is 16.3 Å². The number of pyridine rings is 1. The number of nitrogens with zero attached hydrogens (tertiary/aromatic N) is 1. The van der Waals surface area contributed by atoms with Crippen molar-refractivity contribution in [2.75, 3.05) is 17.7 Å². The van der Waals surface area contributed by atoms with Crippen LogP contribution in [0.15, 0.2) is 36.4 Å². The number of benzene rings is 1. The highest BCUT2D eigenvalue weighted by Gasteiger charge is 2.12. The molecule has 2 N–H and O–H groups in total. The van der Waals surface area contributed by atoms with Crippen LogP contribution in [-0.2, 0) is 0 Å². The van der Waals surface area contributed by atoms with Gasteiger partial charge in [0, 0.05) is 11.1 Å². The summed E-state index contributed by atoms with van der Waals surface area (Å²) in [6, 6.07) is 10.5. The van der Waals surface area contributed by atoms with Crippen LogP contribution in [0.3, 0.4) is 0 Å². The van der Waals surface area contributed by atoms with Crippen molar-refractivity contribution in [2.45, 2.75) is 19.9 Å². The summed E-state index contributed by atoms with van der Waals surface area (Å²) < 4.78 is 5.21. The van der Waals surface area contributed by atoms with Gasteiger partial charge in [-0.3, -0.25) is 4.79 Å². The van der Waals surface area contributed by atoms with E-state index in [9.17, 15) is 4.79 Å². The number of amides is 1. The first-order chi connectivity index (χ1) is 10.5. The van der Waals surface area contributed by atoms with Gasteiger partial charge in [0.2, 0.25) is 0 Å². The molecule has 0 saturated carbocycles. The van der Waals surface area contributed by atoms with Gasteiger partial charge in [-0.15, -0.1) is 0 Å². The number of rotatable bonds is 5. The van der Waals surface area contributed by atoms with Crippen LogP contribution < -0.4 is 15.4 Å². The largest absolute Gasteiger partial charge is 0.495 e. The van der Waals surface area contributed by atoms with Gasteiger partial charge in [0.1, 0.15) is 17.3 Å². The van der Waals surface area contributed by atoms with E-state index < -0.39 is 0 Å². The van der Waals surface area contributed by atoms with Gasteiger partial charge in [-0.05, 0) is 44.2 Å². The summed E-state index contributed by atoms with van der Waals surface area (Å²) in [6.45, 7) is 4.01. The minimum Gasteiger partial charge on any atom is -0.495 e. The monoisotopic (exact) mass is 319 g/mol. The van der Waals surface area contributed by atoms with Gasteiger partial charge in [0.25, 0.3) is 5.91 Å². The molecule has 0 aliphatic heterocycles. The smallest absolute Gasteiger partial charge is 0.274 e. The minimum atomic E-state index is -0.326. The van der Waals surface area contributed by atoms with Crippen LogP contribution in [0.2, 0.25) is 5.02 Å². The van der Waals surface area contributed by atoms with E-state index in [1.165, 1.54) is 7.11 Å². The lowest BCUT2D eigenvalue weighted by molar-refractivity contribution is 0.102. The lowest BCUT2D eigenvalue weighted by Gasteiger charge is -2.12. The molecule has 0 bridgehead atoms. The molecule has 0 atom stereocenters. The molecule has 5 nitrogen and oxygen atoms in total. The van der Waals surface area contributed by atoms with Gasteiger partial charge < -0.3 is 15.4 Å². The molecule has 0 unspecified atom stereocenters. The summed E-state index contributed by atoms with van der Waals surface area (Å²) >= 11 is 5.95. The van der Waals surface area contributed by atoms with Crippen LogP contribution in [-0.4, -0.2) is 24.0 Å². The highest BCUT2D eigenvalue weighted by atomic mass is 35.5. The number of carbonyl (C=O) groups is 1. The molecule has 116 valence electrons. The van der Waals surface area contributed by atoms with Crippen LogP contribution >= 0.6 is 11.6 Å². The van der Waals surface area contributed by atoms with Gasteiger partial charge in [-0.25, -0.2) is 4.98 Å². The first kappa shape index (κ1) is 16.1. The Bertz CT molecular complexity index is 674. The topological polar surface area (TPSA) is 63.2 Å². The maximum Gasteiger partial charge on any atom is 0.274 e. The lowest BCUT2D eigenvalue weighted by Crippen LogP contribution is -2.16. The van der Waals surface area contributed by atoms with Crippen molar-refractivity contribution < 1.29 is 9.53 Å². The van der Waals surface area contributed by atoms with Crippen LogP contribution in [0.4, 0.5) is 11.5 Å². The molecule has 0 aliphatic carbocycles. The zero-order chi connectivity index (χ0) is 16.1. The molecule has 0 radical (unpaired) electrons. The van der Waals surface area contributed by atoms with Crippen molar-refractivity contribution in [2.24, 2.45) is 0 Å². The highest BCUT2D eigenvalue weighted by molar-refractivity contribution is 6.31. The summed E-state index contributed by atoms with van der Waals surface area (Å²) in [4.78, 5) is 16.6. The fourth-order valence-corrected chi connectivity index (χ4v) is 2.07. The summed E-state index contributed by atoms with van der Waals surface area (Å²) in [5.41, 5.74) is 0.816. The molecule has 0 saturated heterocycles. The third-order valence-electron chi connectivity index (χ3n) is 2.83. The Morgan fingerprint density at radius 1 is 1.27 bits per heavy atom. The SMILES string of the molecule is COc1ccc(Cl)cc1NC(=O)c1cccc(NC(C)C)n1. The average Bonchev–Trinajstić information content (AvgIpc) is 2.47. The van der Waals surface area contributed by atoms with E-state index in [-0.39, 0.29) is 11.9 Å². The van der Waals surface area contributed by atoms with Crippen LogP contribution in [0.5, 0.6) is 5.75 Å². The van der Waals surface area contributed by atoms with Gasteiger partial charge >= 0.3 is 0 Å². The zero-order valence-corrected chi connectivity index (χ0v) is 13.4. The number of ether oxygens (including phenoxy) is 1. The predicted octanol–water partition coefficient (Wildman–Crippen LogP) is 3.82. The van der Waals surface area contributed by atoms with Crippen LogP contribution in [0.25, 0.3) is 0 Å². The van der Waals surface area contributed by atoms with Gasteiger partial charge in [-0.1, -0.05) is 17.7 Å². The zero-order valence-electron chi connectivity index (χ0n) is 12.7. The number of halogens is 1. The Morgan fingerprint density at radius 2 is 2.05 bits per heavy atom. The molecule has 2 aromatic rings. The van der Waals surface area contributed by atoms with Crippen molar-refractivity contribution in [1.29, 1.82) is 0 Å². The summed E-state index contributed by atoms with van der Waals surface area (Å²) in [5.74, 6) is 0.864. The minimum absolute atomic E-state index is 0.235. The maximum atomic E-state index is 12.3. The maximum absolute atomic E-state index is 12.3. The quantitative estimate of drug-likeness (QED) is 0.879. The predicted molar refractivity (Wildman–Crippen MR) is 89.0 cm³/mol. The molecule has 1 aromatic carbocycles. The van der Waals surface area contributed by atoms with E-state index in [1.807, 2.05) is 19.9 Å². The molecule has 0 aliphatic rings. The third-order valence-corrected chi connectivity index (χ3v) is 3.06. The number of hydrogen-bond donors (Lipinski definition) is 2. The second-order valence-corrected chi connectivity index (χ2v) is 5.44. The first-order valence-electron chi connectivity index (χ1n) is 6.88. The van der Waals surface area contributed by atoms with E-state index in [1.54, 1.807) is 30.3 Å². The normalized spacial score (nSPS) is 10.4. The van der Waals surface area contributed by atoms with Crippen molar-refractivity contribution >= 4 is 29.0 Å². The number of aromatic nitrogens is 1. The second kappa shape index (κ2) is 7.13. The van der Waals surface area contributed by atoms with Crippen molar-refractivity contribution in [3.05, 3.63) is 47.1 Å². The van der Waals surface area contributed by atoms with Crippen molar-refractivity contribution in [3.8, 4) is 5.75 Å². The molecule has 1 heterocycles. The molecule has 1 amide bonds. The molecular formula is C16H18ClN3O2. The number of anilines is 2. The Morgan fingerprint density at radius 3 is 2.73 bits per heavy atom. The Labute approximate surface area is 134 Å². The van der Waals surface area contributed by atoms with Gasteiger partial charge in [0.05, 0.1) is 12.8 Å². The highest BCUT2D eigenvalue weighted by Crippen LogP contribution is 2.28. The first-order valence-corrected chi connectivity index (χ1v) is 7.26. The number of hydrogen-bond acceptors (Lipinski definition) is 4. The van der Waals surface area contributed by atoms with E-state index in [0.29, 0.717) is 28.0 Å². The van der Waals surface area contributed by atoms with Crippen LogP contribution in [0.1, 0.15) is 24.3 Å². The number of methoxy groups -OCH3 is 1. The molecular weight excluding hydrogens is 302 g/mol. The number of carbonyl (C=O) groups excluding carboxylic acids is 1. The summed E-state index contributed by atoms with van der Waals surface area (Å²) in [6.07, 6.45) is 0. The summed E-state index contributed by atoms with van der Waals surface area (Å²) in [5, 5.41) is 6.43. The number of nitrogens with one attached hydrogen (secondary N) is 2. The fraction of sp³-hybridized carbons (Fsp3) is 0.250. The Hall–Kier alpha value is -2.27. The molecule has 22 heavy (non-hydrogen) atoms. The molecule has 2 rings (SSSR count). The summed E-state index contributed by atoms with van der Waals surface area (Å²) in [7, 11) is 1.53. The standard InChI is InChI=1S/C16H18ClN3O2/c1-10(2)18-15-6-4-5-12(19-15)16(21)20-13-9-11(17)7-8-14(13)22-3/h4-10H,1-3H3,(H,18,19)(H,20,21). The Balaban J connectivity index is 2.20. The Kier molecular flexibility index (Phi) is 5.22. The molecule has 6 heteroatoms. The third kappa shape index (κ3) is 4.11. The van der Waals surface area contributed by atoms with Crippen LogP contribution in [0, 0.1) is 0 Å². The molecule has 1 aromatic heterocycles.